The molecule has 0 radical (unpaired) electrons. The van der Waals surface area contributed by atoms with Gasteiger partial charge in [0.2, 0.25) is 0 Å². The van der Waals surface area contributed by atoms with Crippen molar-refractivity contribution in [1.29, 1.82) is 0 Å². The molecule has 4 rings (SSSR count). The van der Waals surface area contributed by atoms with Gasteiger partial charge in [-0.3, -0.25) is 4.79 Å². The predicted octanol–water partition coefficient (Wildman–Crippen LogP) is 3.15. The number of aliphatic hydroxyl groups is 1. The summed E-state index contributed by atoms with van der Waals surface area (Å²) in [7, 11) is 0. The number of rotatable bonds is 3. The number of esters is 1. The minimum Gasteiger partial charge on any atom is -0.458 e. The van der Waals surface area contributed by atoms with Crippen LogP contribution in [0.1, 0.15) is 60.3 Å². The molecule has 6 unspecified atom stereocenters. The molecule has 1 spiro atoms. The Hall–Kier alpha value is -0.570. The standard InChI is InChI=1S/C18H28O3/c1-10(2)13(15(3,4)5)14(19)21-17-8-12-6-11-7-16(20,9-17)18(11,12)17/h10-13,20H,6-9H2,1-5H3. The van der Waals surface area contributed by atoms with E-state index < -0.39 is 5.60 Å². The van der Waals surface area contributed by atoms with E-state index in [1.54, 1.807) is 0 Å². The van der Waals surface area contributed by atoms with Crippen molar-refractivity contribution in [2.75, 3.05) is 0 Å². The zero-order chi connectivity index (χ0) is 15.4. The van der Waals surface area contributed by atoms with Gasteiger partial charge in [0.05, 0.1) is 11.5 Å². The van der Waals surface area contributed by atoms with E-state index in [1.165, 1.54) is 6.42 Å². The summed E-state index contributed by atoms with van der Waals surface area (Å²) in [5, 5.41) is 10.6. The molecule has 4 aliphatic carbocycles. The van der Waals surface area contributed by atoms with Gasteiger partial charge in [-0.2, -0.15) is 0 Å². The van der Waals surface area contributed by atoms with Crippen molar-refractivity contribution in [3.05, 3.63) is 0 Å². The monoisotopic (exact) mass is 292 g/mol. The molecule has 3 nitrogen and oxygen atoms in total. The van der Waals surface area contributed by atoms with Crippen molar-refractivity contribution in [3.8, 4) is 0 Å². The summed E-state index contributed by atoms with van der Waals surface area (Å²) in [6.45, 7) is 10.5. The third kappa shape index (κ3) is 1.26. The normalized spacial score (nSPS) is 50.6. The Kier molecular flexibility index (Phi) is 2.34. The summed E-state index contributed by atoms with van der Waals surface area (Å²) in [5.74, 6) is 1.41. The van der Waals surface area contributed by atoms with Crippen LogP contribution in [0.3, 0.4) is 0 Å². The summed E-state index contributed by atoms with van der Waals surface area (Å²) < 4.78 is 6.11. The molecule has 0 bridgehead atoms. The first kappa shape index (κ1) is 14.0. The third-order valence-electron chi connectivity index (χ3n) is 7.27. The molecule has 0 heterocycles. The SMILES string of the molecule is CC(C)C(C(=O)OC12CC3CC4CC(O)(C1)C432)C(C)(C)C. The summed E-state index contributed by atoms with van der Waals surface area (Å²) >= 11 is 0. The molecular weight excluding hydrogens is 264 g/mol. The largest absolute Gasteiger partial charge is 0.458 e. The third-order valence-corrected chi connectivity index (χ3v) is 7.27. The highest BCUT2D eigenvalue weighted by Crippen LogP contribution is 2.91. The fourth-order valence-corrected chi connectivity index (χ4v) is 7.03. The summed E-state index contributed by atoms with van der Waals surface area (Å²) in [4.78, 5) is 12.8. The first-order valence-corrected chi connectivity index (χ1v) is 8.53. The lowest BCUT2D eigenvalue weighted by atomic mass is 9.15. The van der Waals surface area contributed by atoms with E-state index in [2.05, 4.69) is 34.6 Å². The molecule has 0 aromatic carbocycles. The van der Waals surface area contributed by atoms with E-state index >= 15 is 0 Å². The average Bonchev–Trinajstić information content (AvgIpc) is 2.19. The maximum absolute atomic E-state index is 12.8. The fourth-order valence-electron chi connectivity index (χ4n) is 7.03. The molecule has 6 atom stereocenters. The van der Waals surface area contributed by atoms with Crippen molar-refractivity contribution < 1.29 is 14.6 Å². The maximum Gasteiger partial charge on any atom is 0.310 e. The zero-order valence-electron chi connectivity index (χ0n) is 13.9. The Balaban J connectivity index is 1.54. The number of carbonyl (C=O) groups excluding carboxylic acids is 1. The van der Waals surface area contributed by atoms with Gasteiger partial charge < -0.3 is 9.84 Å². The predicted molar refractivity (Wildman–Crippen MR) is 79.4 cm³/mol. The number of hydrogen-bond acceptors (Lipinski definition) is 3. The van der Waals surface area contributed by atoms with E-state index in [1.807, 2.05) is 0 Å². The Morgan fingerprint density at radius 1 is 1.24 bits per heavy atom. The van der Waals surface area contributed by atoms with Crippen LogP contribution in [0.4, 0.5) is 0 Å². The topological polar surface area (TPSA) is 46.5 Å². The average molecular weight is 292 g/mol. The molecule has 0 amide bonds. The number of carbonyl (C=O) groups is 1. The molecule has 4 aliphatic rings. The van der Waals surface area contributed by atoms with Gasteiger partial charge in [0.1, 0.15) is 5.60 Å². The lowest BCUT2D eigenvalue weighted by Crippen LogP contribution is -2.97. The summed E-state index contributed by atoms with van der Waals surface area (Å²) in [6.07, 6.45) is 3.87. The Morgan fingerprint density at radius 2 is 1.86 bits per heavy atom. The van der Waals surface area contributed by atoms with Crippen LogP contribution < -0.4 is 0 Å². The van der Waals surface area contributed by atoms with Crippen molar-refractivity contribution in [2.24, 2.45) is 34.5 Å². The molecule has 0 saturated heterocycles. The van der Waals surface area contributed by atoms with Gasteiger partial charge in [-0.25, -0.2) is 0 Å². The van der Waals surface area contributed by atoms with Crippen LogP contribution in [0, 0.1) is 34.5 Å². The second kappa shape index (κ2) is 3.50. The molecular formula is C18H28O3. The van der Waals surface area contributed by atoms with Crippen molar-refractivity contribution in [3.63, 3.8) is 0 Å². The summed E-state index contributed by atoms with van der Waals surface area (Å²) in [5.41, 5.74) is -0.895. The maximum atomic E-state index is 12.8. The second-order valence-electron chi connectivity index (χ2n) is 9.62. The van der Waals surface area contributed by atoms with Crippen LogP contribution in [-0.2, 0) is 9.53 Å². The molecule has 0 aromatic rings. The van der Waals surface area contributed by atoms with Crippen LogP contribution in [0.2, 0.25) is 0 Å². The zero-order valence-corrected chi connectivity index (χ0v) is 13.9. The minimum absolute atomic E-state index is 0.0188. The number of hydrogen-bond donors (Lipinski definition) is 1. The van der Waals surface area contributed by atoms with E-state index in [-0.39, 0.29) is 34.2 Å². The molecule has 118 valence electrons. The van der Waals surface area contributed by atoms with E-state index in [4.69, 9.17) is 4.74 Å². The first-order chi connectivity index (χ1) is 9.57. The van der Waals surface area contributed by atoms with Gasteiger partial charge >= 0.3 is 5.97 Å². The van der Waals surface area contributed by atoms with Gasteiger partial charge in [-0.15, -0.1) is 0 Å². The Bertz CT molecular complexity index is 513. The van der Waals surface area contributed by atoms with Crippen LogP contribution in [0.5, 0.6) is 0 Å². The van der Waals surface area contributed by atoms with E-state index in [0.29, 0.717) is 18.3 Å². The molecule has 3 heteroatoms. The lowest BCUT2D eigenvalue weighted by Gasteiger charge is -2.92. The van der Waals surface area contributed by atoms with Crippen molar-refractivity contribution in [1.82, 2.24) is 0 Å². The highest BCUT2D eigenvalue weighted by Gasteiger charge is 2.96. The lowest BCUT2D eigenvalue weighted by molar-refractivity contribution is -0.504. The van der Waals surface area contributed by atoms with Crippen LogP contribution >= 0.6 is 0 Å². The minimum atomic E-state index is -0.492. The Labute approximate surface area is 127 Å². The molecule has 0 aliphatic heterocycles. The molecule has 0 aromatic heterocycles. The quantitative estimate of drug-likeness (QED) is 0.813. The molecule has 1 N–H and O–H groups in total. The highest BCUT2D eigenvalue weighted by atomic mass is 16.6. The molecule has 21 heavy (non-hydrogen) atoms. The summed E-state index contributed by atoms with van der Waals surface area (Å²) in [6, 6.07) is 0. The highest BCUT2D eigenvalue weighted by molar-refractivity contribution is 5.75. The van der Waals surface area contributed by atoms with Crippen LogP contribution in [0.25, 0.3) is 0 Å². The van der Waals surface area contributed by atoms with Crippen molar-refractivity contribution in [2.45, 2.75) is 71.5 Å². The second-order valence-corrected chi connectivity index (χ2v) is 9.62. The fraction of sp³-hybridized carbons (Fsp3) is 0.944. The van der Waals surface area contributed by atoms with Gasteiger partial charge in [0, 0.05) is 11.8 Å². The smallest absolute Gasteiger partial charge is 0.310 e. The Morgan fingerprint density at radius 3 is 2.29 bits per heavy atom. The van der Waals surface area contributed by atoms with Gasteiger partial charge in [0.25, 0.3) is 0 Å². The van der Waals surface area contributed by atoms with Crippen LogP contribution in [0.15, 0.2) is 0 Å². The first-order valence-electron chi connectivity index (χ1n) is 8.53. The van der Waals surface area contributed by atoms with Crippen molar-refractivity contribution >= 4 is 5.97 Å². The van der Waals surface area contributed by atoms with Gasteiger partial charge in [0.15, 0.2) is 0 Å². The van der Waals surface area contributed by atoms with Gasteiger partial charge in [-0.05, 0) is 42.4 Å². The number of ether oxygens (including phenoxy) is 1. The molecule has 4 saturated carbocycles. The van der Waals surface area contributed by atoms with E-state index in [9.17, 15) is 9.90 Å². The van der Waals surface area contributed by atoms with Crippen LogP contribution in [-0.4, -0.2) is 22.3 Å². The van der Waals surface area contributed by atoms with Gasteiger partial charge in [-0.1, -0.05) is 34.6 Å². The van der Waals surface area contributed by atoms with E-state index in [0.717, 1.165) is 12.8 Å². The molecule has 4 fully saturated rings.